The number of rotatable bonds is 5. The first-order valence-electron chi connectivity index (χ1n) is 6.43. The number of nitrogens with two attached hydrogens (primary N) is 1. The van der Waals surface area contributed by atoms with Gasteiger partial charge in [0.15, 0.2) is 0 Å². The van der Waals surface area contributed by atoms with Crippen molar-refractivity contribution in [2.45, 2.75) is 12.8 Å². The topological polar surface area (TPSA) is 52.3 Å². The van der Waals surface area contributed by atoms with Gasteiger partial charge in [0, 0.05) is 10.2 Å². The molecule has 0 spiro atoms. The third-order valence-electron chi connectivity index (χ3n) is 2.92. The van der Waals surface area contributed by atoms with Crippen LogP contribution in [0.5, 0.6) is 0 Å². The van der Waals surface area contributed by atoms with Crippen LogP contribution in [0.4, 0.5) is 5.69 Å². The Labute approximate surface area is 126 Å². The highest BCUT2D eigenvalue weighted by Gasteiger charge is 2.11. The summed E-state index contributed by atoms with van der Waals surface area (Å²) in [7, 11) is 0. The van der Waals surface area contributed by atoms with E-state index in [-0.39, 0.29) is 5.97 Å². The maximum absolute atomic E-state index is 11.9. The van der Waals surface area contributed by atoms with E-state index in [1.807, 2.05) is 18.2 Å². The first-order valence-corrected chi connectivity index (χ1v) is 7.22. The van der Waals surface area contributed by atoms with Crippen molar-refractivity contribution in [2.75, 3.05) is 12.3 Å². The minimum absolute atomic E-state index is 0.378. The number of benzene rings is 2. The number of hydrogen-bond acceptors (Lipinski definition) is 3. The van der Waals surface area contributed by atoms with Gasteiger partial charge in [0.2, 0.25) is 0 Å². The minimum Gasteiger partial charge on any atom is -0.462 e. The van der Waals surface area contributed by atoms with Crippen LogP contribution in [0, 0.1) is 0 Å². The Morgan fingerprint density at radius 3 is 2.65 bits per heavy atom. The van der Waals surface area contributed by atoms with Gasteiger partial charge in [-0.1, -0.05) is 46.3 Å². The molecular formula is C16H16BrNO2. The van der Waals surface area contributed by atoms with Gasteiger partial charge in [-0.2, -0.15) is 0 Å². The molecule has 0 saturated heterocycles. The molecule has 0 amide bonds. The Balaban J connectivity index is 1.82. The van der Waals surface area contributed by atoms with E-state index in [2.05, 4.69) is 28.1 Å². The molecule has 20 heavy (non-hydrogen) atoms. The van der Waals surface area contributed by atoms with Crippen molar-refractivity contribution in [3.8, 4) is 0 Å². The van der Waals surface area contributed by atoms with Crippen LogP contribution in [0.1, 0.15) is 22.3 Å². The second-order valence-corrected chi connectivity index (χ2v) is 5.37. The summed E-state index contributed by atoms with van der Waals surface area (Å²) >= 11 is 3.31. The van der Waals surface area contributed by atoms with Crippen LogP contribution in [-0.4, -0.2) is 12.6 Å². The molecule has 0 unspecified atom stereocenters. The second-order valence-electron chi connectivity index (χ2n) is 4.46. The van der Waals surface area contributed by atoms with Gasteiger partial charge >= 0.3 is 5.97 Å². The average Bonchev–Trinajstić information content (AvgIpc) is 2.47. The zero-order valence-electron chi connectivity index (χ0n) is 11.0. The number of esters is 1. The van der Waals surface area contributed by atoms with Crippen molar-refractivity contribution in [1.82, 2.24) is 0 Å². The van der Waals surface area contributed by atoms with Gasteiger partial charge in [-0.15, -0.1) is 0 Å². The van der Waals surface area contributed by atoms with Crippen molar-refractivity contribution in [2.24, 2.45) is 0 Å². The molecule has 0 radical (unpaired) electrons. The fourth-order valence-electron chi connectivity index (χ4n) is 1.87. The smallest absolute Gasteiger partial charge is 0.340 e. The third-order valence-corrected chi connectivity index (χ3v) is 3.41. The Bertz CT molecular complexity index is 584. The van der Waals surface area contributed by atoms with Crippen LogP contribution < -0.4 is 5.73 Å². The molecule has 0 atom stereocenters. The van der Waals surface area contributed by atoms with Gasteiger partial charge in [-0.05, 0) is 36.6 Å². The minimum atomic E-state index is -0.378. The molecule has 104 valence electrons. The number of halogens is 1. The quantitative estimate of drug-likeness (QED) is 0.514. The Morgan fingerprint density at radius 1 is 1.15 bits per heavy atom. The molecule has 0 aliphatic carbocycles. The molecule has 4 heteroatoms. The Kier molecular flexibility index (Phi) is 5.18. The summed E-state index contributed by atoms with van der Waals surface area (Å²) in [4.78, 5) is 11.9. The van der Waals surface area contributed by atoms with E-state index in [0.717, 1.165) is 17.3 Å². The lowest BCUT2D eigenvalue weighted by Crippen LogP contribution is -2.09. The predicted molar refractivity (Wildman–Crippen MR) is 83.6 cm³/mol. The molecule has 0 heterocycles. The summed E-state index contributed by atoms with van der Waals surface area (Å²) < 4.78 is 6.05. The first kappa shape index (κ1) is 14.6. The summed E-state index contributed by atoms with van der Waals surface area (Å²) in [6.07, 6.45) is 1.69. The lowest BCUT2D eigenvalue weighted by molar-refractivity contribution is 0.0502. The fraction of sp³-hybridized carbons (Fsp3) is 0.188. The van der Waals surface area contributed by atoms with Crippen LogP contribution in [0.25, 0.3) is 0 Å². The van der Waals surface area contributed by atoms with Gasteiger partial charge in [0.25, 0.3) is 0 Å². The molecule has 0 fully saturated rings. The van der Waals surface area contributed by atoms with Crippen molar-refractivity contribution in [1.29, 1.82) is 0 Å². The second kappa shape index (κ2) is 7.10. The molecule has 3 nitrogen and oxygen atoms in total. The maximum atomic E-state index is 11.9. The Hall–Kier alpha value is -1.81. The molecule has 0 aliphatic rings. The molecule has 2 aromatic rings. The van der Waals surface area contributed by atoms with Crippen molar-refractivity contribution in [3.63, 3.8) is 0 Å². The van der Waals surface area contributed by atoms with E-state index in [9.17, 15) is 4.79 Å². The van der Waals surface area contributed by atoms with Crippen molar-refractivity contribution >= 4 is 27.6 Å². The van der Waals surface area contributed by atoms with Crippen LogP contribution in [0.3, 0.4) is 0 Å². The Morgan fingerprint density at radius 2 is 1.90 bits per heavy atom. The SMILES string of the molecule is Nc1ccc(Br)cc1C(=O)OCCCc1ccccc1. The number of anilines is 1. The molecule has 2 rings (SSSR count). The third kappa shape index (κ3) is 4.10. The van der Waals surface area contributed by atoms with E-state index >= 15 is 0 Å². The molecular weight excluding hydrogens is 318 g/mol. The highest BCUT2D eigenvalue weighted by atomic mass is 79.9. The van der Waals surface area contributed by atoms with Crippen molar-refractivity contribution in [3.05, 3.63) is 64.1 Å². The summed E-state index contributed by atoms with van der Waals surface area (Å²) in [5.41, 5.74) is 7.84. The van der Waals surface area contributed by atoms with Crippen molar-refractivity contribution < 1.29 is 9.53 Å². The molecule has 0 aliphatic heterocycles. The van der Waals surface area contributed by atoms with Gasteiger partial charge < -0.3 is 10.5 Å². The molecule has 2 aromatic carbocycles. The summed E-state index contributed by atoms with van der Waals surface area (Å²) in [5.74, 6) is -0.378. The lowest BCUT2D eigenvalue weighted by Gasteiger charge is -2.07. The van der Waals surface area contributed by atoms with Gasteiger partial charge in [0.05, 0.1) is 12.2 Å². The molecule has 0 saturated carbocycles. The zero-order chi connectivity index (χ0) is 14.4. The summed E-state index contributed by atoms with van der Waals surface area (Å²) in [5, 5.41) is 0. The number of ether oxygens (including phenoxy) is 1. The van der Waals surface area contributed by atoms with Gasteiger partial charge in [-0.3, -0.25) is 0 Å². The predicted octanol–water partition coefficient (Wildman–Crippen LogP) is 3.82. The number of carbonyl (C=O) groups excluding carboxylic acids is 1. The van der Waals surface area contributed by atoms with Gasteiger partial charge in [-0.25, -0.2) is 4.79 Å². The molecule has 0 aromatic heterocycles. The number of carbonyl (C=O) groups is 1. The van der Waals surface area contributed by atoms with E-state index in [1.165, 1.54) is 5.56 Å². The normalized spacial score (nSPS) is 10.2. The van der Waals surface area contributed by atoms with E-state index in [0.29, 0.717) is 17.9 Å². The molecule has 2 N–H and O–H groups in total. The highest BCUT2D eigenvalue weighted by molar-refractivity contribution is 9.10. The fourth-order valence-corrected chi connectivity index (χ4v) is 2.23. The van der Waals surface area contributed by atoms with Crippen LogP contribution in [0.2, 0.25) is 0 Å². The zero-order valence-corrected chi connectivity index (χ0v) is 12.6. The highest BCUT2D eigenvalue weighted by Crippen LogP contribution is 2.19. The number of aryl methyl sites for hydroxylation is 1. The van der Waals surface area contributed by atoms with Gasteiger partial charge in [0.1, 0.15) is 0 Å². The lowest BCUT2D eigenvalue weighted by atomic mass is 10.1. The monoisotopic (exact) mass is 333 g/mol. The standard InChI is InChI=1S/C16H16BrNO2/c17-13-8-9-15(18)14(11-13)16(19)20-10-4-7-12-5-2-1-3-6-12/h1-3,5-6,8-9,11H,4,7,10,18H2. The van der Waals surface area contributed by atoms with E-state index in [4.69, 9.17) is 10.5 Å². The van der Waals surface area contributed by atoms with Crippen LogP contribution in [-0.2, 0) is 11.2 Å². The number of nitrogen functional groups attached to an aromatic ring is 1. The van der Waals surface area contributed by atoms with Crippen LogP contribution >= 0.6 is 15.9 Å². The summed E-state index contributed by atoms with van der Waals surface area (Å²) in [6.45, 7) is 0.389. The first-order chi connectivity index (χ1) is 9.66. The van der Waals surface area contributed by atoms with E-state index in [1.54, 1.807) is 18.2 Å². The maximum Gasteiger partial charge on any atom is 0.340 e. The van der Waals surface area contributed by atoms with Crippen LogP contribution in [0.15, 0.2) is 53.0 Å². The largest absolute Gasteiger partial charge is 0.462 e. The molecule has 0 bridgehead atoms. The van der Waals surface area contributed by atoms with E-state index < -0.39 is 0 Å². The number of hydrogen-bond donors (Lipinski definition) is 1. The summed E-state index contributed by atoms with van der Waals surface area (Å²) in [6, 6.07) is 15.3. The average molecular weight is 334 g/mol.